The summed E-state index contributed by atoms with van der Waals surface area (Å²) >= 11 is 0. The predicted molar refractivity (Wildman–Crippen MR) is 297 cm³/mol. The smallest absolute Gasteiger partial charge is 0.306 e. The molecular weight excluding hydrogens is 853 g/mol. The second kappa shape index (κ2) is 55.4. The Morgan fingerprint density at radius 1 is 0.290 bits per heavy atom. The fourth-order valence-electron chi connectivity index (χ4n) is 6.34. The van der Waals surface area contributed by atoms with Crippen molar-refractivity contribution in [2.45, 2.75) is 194 Å². The van der Waals surface area contributed by atoms with Crippen LogP contribution in [0.5, 0.6) is 0 Å². The van der Waals surface area contributed by atoms with Crippen molar-refractivity contribution < 1.29 is 28.6 Å². The molecule has 69 heavy (non-hydrogen) atoms. The van der Waals surface area contributed by atoms with Crippen molar-refractivity contribution in [3.63, 3.8) is 0 Å². The number of esters is 3. The molecule has 6 heteroatoms. The number of carbonyl (C=O) groups is 3. The average molecular weight is 947 g/mol. The number of unbranched alkanes of at least 4 members (excludes halogenated alkanes) is 6. The van der Waals surface area contributed by atoms with Gasteiger partial charge in [-0.1, -0.05) is 210 Å². The summed E-state index contributed by atoms with van der Waals surface area (Å²) in [6, 6.07) is 0. The van der Waals surface area contributed by atoms with E-state index in [0.29, 0.717) is 19.3 Å². The van der Waals surface area contributed by atoms with Gasteiger partial charge < -0.3 is 14.2 Å². The van der Waals surface area contributed by atoms with Crippen molar-refractivity contribution >= 4 is 17.9 Å². The zero-order chi connectivity index (χ0) is 50.0. The van der Waals surface area contributed by atoms with Crippen molar-refractivity contribution in [3.05, 3.63) is 170 Å². The van der Waals surface area contributed by atoms with Gasteiger partial charge in [-0.15, -0.1) is 0 Å². The van der Waals surface area contributed by atoms with Gasteiger partial charge in [-0.25, -0.2) is 0 Å². The van der Waals surface area contributed by atoms with E-state index >= 15 is 0 Å². The third-order valence-electron chi connectivity index (χ3n) is 10.2. The van der Waals surface area contributed by atoms with Crippen molar-refractivity contribution in [1.82, 2.24) is 0 Å². The summed E-state index contributed by atoms with van der Waals surface area (Å²) in [6.07, 6.45) is 82.1. The SMILES string of the molecule is CC/C=C\C/C=C\C/C=C\C/C=C\C/C=C\C/C=C\CCC(=O)O[C@H](COC(=O)CCC/C=C\C/C=C\C/C=C\C/C=C\C/C=C\CC)COC(=O)CCCCCCC/C=C\C/C=C\C/C=C\CC. The molecule has 0 rings (SSSR count). The molecule has 0 aliphatic carbocycles. The van der Waals surface area contributed by atoms with Gasteiger partial charge in [0.25, 0.3) is 0 Å². The molecule has 0 aromatic carbocycles. The maximum absolute atomic E-state index is 12.8. The van der Waals surface area contributed by atoms with E-state index in [4.69, 9.17) is 14.2 Å². The third-order valence-corrected chi connectivity index (χ3v) is 10.2. The van der Waals surface area contributed by atoms with Crippen LogP contribution in [0.15, 0.2) is 170 Å². The quantitative estimate of drug-likeness (QED) is 0.0262. The van der Waals surface area contributed by atoms with Crippen LogP contribution >= 0.6 is 0 Å². The number of hydrogen-bond acceptors (Lipinski definition) is 6. The van der Waals surface area contributed by atoms with Gasteiger partial charge in [-0.05, 0) is 128 Å². The molecule has 0 spiro atoms. The Hall–Kier alpha value is -5.23. The highest BCUT2D eigenvalue weighted by molar-refractivity contribution is 5.71. The van der Waals surface area contributed by atoms with E-state index in [-0.39, 0.29) is 38.0 Å². The zero-order valence-corrected chi connectivity index (χ0v) is 43.5. The Bertz CT molecular complexity index is 1650. The topological polar surface area (TPSA) is 78.9 Å². The largest absolute Gasteiger partial charge is 0.462 e. The lowest BCUT2D eigenvalue weighted by molar-refractivity contribution is -0.166. The maximum Gasteiger partial charge on any atom is 0.306 e. The van der Waals surface area contributed by atoms with Gasteiger partial charge in [0.15, 0.2) is 6.10 Å². The third kappa shape index (κ3) is 53.6. The molecule has 0 aromatic heterocycles. The first kappa shape index (κ1) is 63.8. The summed E-state index contributed by atoms with van der Waals surface area (Å²) in [7, 11) is 0. The second-order valence-corrected chi connectivity index (χ2v) is 16.6. The van der Waals surface area contributed by atoms with Crippen LogP contribution in [0.1, 0.15) is 188 Å². The molecule has 1 atom stereocenters. The lowest BCUT2D eigenvalue weighted by Gasteiger charge is -2.18. The summed E-state index contributed by atoms with van der Waals surface area (Å²) in [5.41, 5.74) is 0. The van der Waals surface area contributed by atoms with Crippen LogP contribution < -0.4 is 0 Å². The van der Waals surface area contributed by atoms with Gasteiger partial charge in [-0.3, -0.25) is 14.4 Å². The number of hydrogen-bond donors (Lipinski definition) is 0. The van der Waals surface area contributed by atoms with E-state index in [1.54, 1.807) is 0 Å². The fraction of sp³-hybridized carbons (Fsp3) is 0.508. The van der Waals surface area contributed by atoms with Crippen LogP contribution in [-0.2, 0) is 28.6 Å². The van der Waals surface area contributed by atoms with Crippen molar-refractivity contribution in [3.8, 4) is 0 Å². The van der Waals surface area contributed by atoms with Crippen molar-refractivity contribution in [2.24, 2.45) is 0 Å². The molecule has 0 bridgehead atoms. The Morgan fingerprint density at radius 3 is 0.928 bits per heavy atom. The number of allylic oxidation sites excluding steroid dienone is 28. The summed E-state index contributed by atoms with van der Waals surface area (Å²) in [4.78, 5) is 38.0. The molecule has 0 saturated heterocycles. The van der Waals surface area contributed by atoms with Gasteiger partial charge in [0.2, 0.25) is 0 Å². The minimum Gasteiger partial charge on any atom is -0.462 e. The summed E-state index contributed by atoms with van der Waals surface area (Å²) in [5, 5.41) is 0. The predicted octanol–water partition coefficient (Wildman–Crippen LogP) is 18.0. The van der Waals surface area contributed by atoms with E-state index in [1.165, 1.54) is 0 Å². The molecule has 0 aliphatic heterocycles. The minimum atomic E-state index is -0.858. The summed E-state index contributed by atoms with van der Waals surface area (Å²) in [5.74, 6) is -1.12. The standard InChI is InChI=1S/C63H94O6/c1-4-7-10-13-16-19-22-25-28-30-31-33-36-39-42-45-48-51-54-57-63(66)69-60(58-67-61(64)55-52-49-46-43-40-37-34-27-24-21-18-15-12-9-6-3)59-68-62(65)56-53-50-47-44-41-38-35-32-29-26-23-20-17-14-11-8-5-2/h7-12,16-21,25-29,31,33-35,38-39,42,44,47-48,51,60H,4-6,13-15,22-24,30,32,36-37,40-41,43,45-46,49-50,52-59H2,1-3H3/b10-7-,11-8-,12-9-,19-16-,20-17-,21-18-,28-25-,29-26-,33-31-,34-27-,38-35-,42-39-,47-44-,51-48-/t60-/m0/s1. The minimum absolute atomic E-state index is 0.144. The molecule has 0 aromatic rings. The van der Waals surface area contributed by atoms with E-state index < -0.39 is 12.1 Å². The van der Waals surface area contributed by atoms with Crippen LogP contribution in [0.4, 0.5) is 0 Å². The van der Waals surface area contributed by atoms with E-state index in [0.717, 1.165) is 135 Å². The molecule has 0 N–H and O–H groups in total. The van der Waals surface area contributed by atoms with Gasteiger partial charge in [0, 0.05) is 19.3 Å². The highest BCUT2D eigenvalue weighted by Crippen LogP contribution is 2.11. The lowest BCUT2D eigenvalue weighted by atomic mass is 10.1. The fourth-order valence-corrected chi connectivity index (χ4v) is 6.34. The van der Waals surface area contributed by atoms with Crippen LogP contribution in [-0.4, -0.2) is 37.2 Å². The van der Waals surface area contributed by atoms with Gasteiger partial charge in [0.1, 0.15) is 13.2 Å². The normalized spacial score (nSPS) is 13.5. The monoisotopic (exact) mass is 947 g/mol. The van der Waals surface area contributed by atoms with Crippen molar-refractivity contribution in [1.29, 1.82) is 0 Å². The summed E-state index contributed by atoms with van der Waals surface area (Å²) in [6.45, 7) is 6.14. The molecule has 0 amide bonds. The van der Waals surface area contributed by atoms with E-state index in [2.05, 4.69) is 179 Å². The first-order valence-electron chi connectivity index (χ1n) is 26.6. The van der Waals surface area contributed by atoms with Crippen LogP contribution in [0.25, 0.3) is 0 Å². The van der Waals surface area contributed by atoms with Crippen LogP contribution in [0.3, 0.4) is 0 Å². The molecule has 0 fully saturated rings. The van der Waals surface area contributed by atoms with Crippen LogP contribution in [0, 0.1) is 0 Å². The molecule has 0 unspecified atom stereocenters. The molecule has 0 aliphatic rings. The second-order valence-electron chi connectivity index (χ2n) is 16.6. The van der Waals surface area contributed by atoms with Crippen molar-refractivity contribution in [2.75, 3.05) is 13.2 Å². The molecular formula is C63H94O6. The Balaban J connectivity index is 4.67. The summed E-state index contributed by atoms with van der Waals surface area (Å²) < 4.78 is 16.7. The van der Waals surface area contributed by atoms with Crippen LogP contribution in [0.2, 0.25) is 0 Å². The van der Waals surface area contributed by atoms with E-state index in [1.807, 2.05) is 12.2 Å². The van der Waals surface area contributed by atoms with E-state index in [9.17, 15) is 14.4 Å². The number of rotatable bonds is 45. The average Bonchev–Trinajstić information content (AvgIpc) is 3.35. The zero-order valence-electron chi connectivity index (χ0n) is 43.5. The van der Waals surface area contributed by atoms with Gasteiger partial charge >= 0.3 is 17.9 Å². The van der Waals surface area contributed by atoms with Gasteiger partial charge in [0.05, 0.1) is 0 Å². The molecule has 0 radical (unpaired) electrons. The highest BCUT2D eigenvalue weighted by Gasteiger charge is 2.19. The lowest BCUT2D eigenvalue weighted by Crippen LogP contribution is -2.30. The Morgan fingerprint density at radius 2 is 0.565 bits per heavy atom. The number of ether oxygens (including phenoxy) is 3. The molecule has 6 nitrogen and oxygen atoms in total. The maximum atomic E-state index is 12.8. The molecule has 382 valence electrons. The molecule has 0 heterocycles. The Labute approximate surface area is 422 Å². The number of carbonyl (C=O) groups excluding carboxylic acids is 3. The first-order valence-corrected chi connectivity index (χ1v) is 26.6. The van der Waals surface area contributed by atoms with Gasteiger partial charge in [-0.2, -0.15) is 0 Å². The first-order chi connectivity index (χ1) is 34.0. The Kier molecular flexibility index (Phi) is 51.2. The molecule has 0 saturated carbocycles. The highest BCUT2D eigenvalue weighted by atomic mass is 16.6.